The van der Waals surface area contributed by atoms with Gasteiger partial charge in [0.2, 0.25) is 0 Å². The molecule has 1 aliphatic rings. The smallest absolute Gasteiger partial charge is 0.191 e. The fourth-order valence-electron chi connectivity index (χ4n) is 2.26. The summed E-state index contributed by atoms with van der Waals surface area (Å²) >= 11 is 5.84. The summed E-state index contributed by atoms with van der Waals surface area (Å²) in [6, 6.07) is 7.73. The Balaban J connectivity index is 0.00000180. The molecule has 1 saturated heterocycles. The van der Waals surface area contributed by atoms with Crippen LogP contribution in [0.15, 0.2) is 29.3 Å². The number of benzene rings is 1. The molecule has 2 rings (SSSR count). The van der Waals surface area contributed by atoms with Gasteiger partial charge >= 0.3 is 0 Å². The third-order valence-corrected chi connectivity index (χ3v) is 3.57. The van der Waals surface area contributed by atoms with E-state index in [-0.39, 0.29) is 24.0 Å². The fraction of sp³-hybridized carbons (Fsp3) is 0.500. The molecule has 1 aromatic rings. The second kappa shape index (κ2) is 7.94. The molecule has 0 saturated carbocycles. The Kier molecular flexibility index (Phi) is 6.93. The van der Waals surface area contributed by atoms with Crippen LogP contribution in [-0.4, -0.2) is 23.9 Å². The van der Waals surface area contributed by atoms with Crippen LogP contribution in [0.25, 0.3) is 0 Å². The van der Waals surface area contributed by atoms with Crippen molar-refractivity contribution in [3.05, 3.63) is 34.9 Å². The predicted octanol–water partition coefficient (Wildman–Crippen LogP) is 3.50. The van der Waals surface area contributed by atoms with Crippen LogP contribution in [0, 0.1) is 5.92 Å². The highest BCUT2D eigenvalue weighted by Gasteiger charge is 2.17. The molecular weight excluding hydrogens is 373 g/mol. The summed E-state index contributed by atoms with van der Waals surface area (Å²) in [6.45, 7) is 4.93. The van der Waals surface area contributed by atoms with E-state index in [0.717, 1.165) is 23.7 Å². The lowest BCUT2D eigenvalue weighted by molar-refractivity contribution is 0.270. The molecule has 0 aromatic heterocycles. The highest BCUT2D eigenvalue weighted by molar-refractivity contribution is 14.0. The SMILES string of the molecule is CC1CCCN(C(N)=NCc2ccc(Cl)cc2)C1.I. The number of aliphatic imine (C=N–C) groups is 1. The third-order valence-electron chi connectivity index (χ3n) is 3.32. The van der Waals surface area contributed by atoms with Crippen LogP contribution in [0.2, 0.25) is 5.02 Å². The van der Waals surface area contributed by atoms with Crippen LogP contribution in [0.1, 0.15) is 25.3 Å². The van der Waals surface area contributed by atoms with E-state index in [1.807, 2.05) is 24.3 Å². The average Bonchev–Trinajstić information content (AvgIpc) is 2.38. The molecule has 0 bridgehead atoms. The summed E-state index contributed by atoms with van der Waals surface area (Å²) < 4.78 is 0. The number of halogens is 2. The molecule has 2 N–H and O–H groups in total. The van der Waals surface area contributed by atoms with Crippen LogP contribution in [0.3, 0.4) is 0 Å². The highest BCUT2D eigenvalue weighted by atomic mass is 127. The Morgan fingerprint density at radius 1 is 1.42 bits per heavy atom. The molecule has 0 radical (unpaired) electrons. The maximum atomic E-state index is 6.04. The molecule has 1 unspecified atom stereocenters. The van der Waals surface area contributed by atoms with Crippen molar-refractivity contribution < 1.29 is 0 Å². The Morgan fingerprint density at radius 3 is 2.74 bits per heavy atom. The van der Waals surface area contributed by atoms with E-state index in [2.05, 4.69) is 16.8 Å². The zero-order valence-electron chi connectivity index (χ0n) is 11.2. The highest BCUT2D eigenvalue weighted by Crippen LogP contribution is 2.15. The number of rotatable bonds is 2. The van der Waals surface area contributed by atoms with Crippen LogP contribution in [0.4, 0.5) is 0 Å². The van der Waals surface area contributed by atoms with Gasteiger partial charge in [0, 0.05) is 18.1 Å². The van der Waals surface area contributed by atoms with Gasteiger partial charge in [0.25, 0.3) is 0 Å². The van der Waals surface area contributed by atoms with E-state index in [1.54, 1.807) is 0 Å². The van der Waals surface area contributed by atoms with Gasteiger partial charge in [0.1, 0.15) is 0 Å². The number of piperidine rings is 1. The zero-order valence-corrected chi connectivity index (χ0v) is 14.3. The van der Waals surface area contributed by atoms with E-state index in [4.69, 9.17) is 17.3 Å². The second-order valence-corrected chi connectivity index (χ2v) is 5.43. The Labute approximate surface area is 137 Å². The van der Waals surface area contributed by atoms with Crippen molar-refractivity contribution >= 4 is 41.5 Å². The molecule has 0 spiro atoms. The topological polar surface area (TPSA) is 41.6 Å². The molecule has 1 heterocycles. The molecule has 0 amide bonds. The van der Waals surface area contributed by atoms with Gasteiger partial charge in [0.15, 0.2) is 5.96 Å². The number of likely N-dealkylation sites (tertiary alicyclic amines) is 1. The molecule has 1 aromatic carbocycles. The van der Waals surface area contributed by atoms with Crippen LogP contribution < -0.4 is 5.73 Å². The zero-order chi connectivity index (χ0) is 13.0. The lowest BCUT2D eigenvalue weighted by atomic mass is 10.0. The number of nitrogens with zero attached hydrogens (tertiary/aromatic N) is 2. The summed E-state index contributed by atoms with van der Waals surface area (Å²) in [5.41, 5.74) is 7.17. The average molecular weight is 394 g/mol. The molecule has 1 aliphatic heterocycles. The van der Waals surface area contributed by atoms with Gasteiger partial charge in [-0.3, -0.25) is 0 Å². The van der Waals surface area contributed by atoms with Crippen LogP contribution >= 0.6 is 35.6 Å². The van der Waals surface area contributed by atoms with Gasteiger partial charge in [0.05, 0.1) is 6.54 Å². The van der Waals surface area contributed by atoms with Crippen molar-refractivity contribution in [2.75, 3.05) is 13.1 Å². The lowest BCUT2D eigenvalue weighted by Crippen LogP contribution is -2.43. The first-order valence-corrected chi connectivity index (χ1v) is 6.82. The first-order valence-electron chi connectivity index (χ1n) is 6.44. The van der Waals surface area contributed by atoms with Crippen LogP contribution in [0.5, 0.6) is 0 Å². The minimum atomic E-state index is 0. The fourth-order valence-corrected chi connectivity index (χ4v) is 2.39. The first kappa shape index (κ1) is 16.6. The standard InChI is InChI=1S/C14H20ClN3.HI/c1-11-3-2-8-18(10-11)14(16)17-9-12-4-6-13(15)7-5-12;/h4-7,11H,2-3,8-10H2,1H3,(H2,16,17);1H. The summed E-state index contributed by atoms with van der Waals surface area (Å²) in [4.78, 5) is 6.64. The number of hydrogen-bond donors (Lipinski definition) is 1. The van der Waals surface area contributed by atoms with Gasteiger partial charge in [-0.15, -0.1) is 24.0 Å². The summed E-state index contributed by atoms with van der Waals surface area (Å²) in [5, 5.41) is 0.751. The van der Waals surface area contributed by atoms with Gasteiger partial charge in [-0.2, -0.15) is 0 Å². The van der Waals surface area contributed by atoms with Gasteiger partial charge in [-0.1, -0.05) is 30.7 Å². The van der Waals surface area contributed by atoms with Gasteiger partial charge < -0.3 is 10.6 Å². The maximum absolute atomic E-state index is 6.04. The molecule has 3 nitrogen and oxygen atoms in total. The van der Waals surface area contributed by atoms with Crippen molar-refractivity contribution in [3.8, 4) is 0 Å². The van der Waals surface area contributed by atoms with E-state index in [9.17, 15) is 0 Å². The number of guanidine groups is 1. The molecule has 1 atom stereocenters. The van der Waals surface area contributed by atoms with E-state index in [0.29, 0.717) is 18.4 Å². The molecule has 5 heteroatoms. The molecule has 106 valence electrons. The number of nitrogens with two attached hydrogens (primary N) is 1. The quantitative estimate of drug-likeness (QED) is 0.475. The molecule has 0 aliphatic carbocycles. The Bertz CT molecular complexity index is 419. The van der Waals surface area contributed by atoms with Crippen molar-refractivity contribution in [3.63, 3.8) is 0 Å². The van der Waals surface area contributed by atoms with Crippen molar-refractivity contribution in [2.45, 2.75) is 26.3 Å². The Hall–Kier alpha value is -0.490. The van der Waals surface area contributed by atoms with Crippen molar-refractivity contribution in [1.82, 2.24) is 4.90 Å². The van der Waals surface area contributed by atoms with Crippen molar-refractivity contribution in [1.29, 1.82) is 0 Å². The molecule has 1 fully saturated rings. The van der Waals surface area contributed by atoms with E-state index >= 15 is 0 Å². The minimum Gasteiger partial charge on any atom is -0.370 e. The minimum absolute atomic E-state index is 0. The maximum Gasteiger partial charge on any atom is 0.191 e. The predicted molar refractivity (Wildman–Crippen MR) is 92.2 cm³/mol. The molecule has 19 heavy (non-hydrogen) atoms. The van der Waals surface area contributed by atoms with Crippen molar-refractivity contribution in [2.24, 2.45) is 16.6 Å². The summed E-state index contributed by atoms with van der Waals surface area (Å²) in [6.07, 6.45) is 2.50. The van der Waals surface area contributed by atoms with E-state index in [1.165, 1.54) is 12.8 Å². The van der Waals surface area contributed by atoms with Gasteiger partial charge in [-0.05, 0) is 36.5 Å². The third kappa shape index (κ3) is 5.18. The summed E-state index contributed by atoms with van der Waals surface area (Å²) in [7, 11) is 0. The van der Waals surface area contributed by atoms with Crippen LogP contribution in [-0.2, 0) is 6.54 Å². The van der Waals surface area contributed by atoms with Gasteiger partial charge in [-0.25, -0.2) is 4.99 Å². The largest absolute Gasteiger partial charge is 0.370 e. The normalized spacial score (nSPS) is 20.0. The monoisotopic (exact) mass is 393 g/mol. The molecular formula is C14H21ClIN3. The lowest BCUT2D eigenvalue weighted by Gasteiger charge is -2.31. The Morgan fingerprint density at radius 2 is 2.11 bits per heavy atom. The second-order valence-electron chi connectivity index (χ2n) is 4.99. The summed E-state index contributed by atoms with van der Waals surface area (Å²) in [5.74, 6) is 1.37. The number of hydrogen-bond acceptors (Lipinski definition) is 1. The first-order chi connectivity index (χ1) is 8.65. The van der Waals surface area contributed by atoms with E-state index < -0.39 is 0 Å².